The van der Waals surface area contributed by atoms with Gasteiger partial charge in [-0.1, -0.05) is 13.3 Å². The van der Waals surface area contributed by atoms with Crippen molar-refractivity contribution in [1.82, 2.24) is 10.6 Å². The smallest absolute Gasteiger partial charge is 0.240 e. The molecule has 2 N–H and O–H groups in total. The molecule has 1 fully saturated rings. The molecule has 0 radical (unpaired) electrons. The average Bonchev–Trinajstić information content (AvgIpc) is 3.08. The van der Waals surface area contributed by atoms with E-state index < -0.39 is 0 Å². The molecule has 1 aromatic heterocycles. The second-order valence-electron chi connectivity index (χ2n) is 6.08. The van der Waals surface area contributed by atoms with Gasteiger partial charge in [0.25, 0.3) is 0 Å². The first-order valence-electron chi connectivity index (χ1n) is 7.87. The first-order chi connectivity index (χ1) is 9.75. The largest absolute Gasteiger partial charge is 0.469 e. The molecular weight excluding hydrogens is 252 g/mol. The minimum absolute atomic E-state index is 0.126. The molecule has 1 aromatic rings. The zero-order chi connectivity index (χ0) is 14.0. The normalized spacial score (nSPS) is 29.1. The number of carbonyl (C=O) groups excluding carboxylic acids is 1. The Balaban J connectivity index is 1.73. The van der Waals surface area contributed by atoms with Crippen LogP contribution in [-0.2, 0) is 11.2 Å². The zero-order valence-corrected chi connectivity index (χ0v) is 12.2. The van der Waals surface area contributed by atoms with Crippen LogP contribution in [0.3, 0.4) is 0 Å². The fourth-order valence-corrected chi connectivity index (χ4v) is 3.69. The van der Waals surface area contributed by atoms with Crippen molar-refractivity contribution in [2.24, 2.45) is 0 Å². The summed E-state index contributed by atoms with van der Waals surface area (Å²) >= 11 is 0. The Morgan fingerprint density at radius 1 is 1.55 bits per heavy atom. The highest BCUT2D eigenvalue weighted by atomic mass is 16.3. The predicted molar refractivity (Wildman–Crippen MR) is 77.4 cm³/mol. The van der Waals surface area contributed by atoms with Gasteiger partial charge in [-0.2, -0.15) is 0 Å². The molecule has 0 bridgehead atoms. The number of rotatable bonds is 4. The van der Waals surface area contributed by atoms with Crippen molar-refractivity contribution in [2.75, 3.05) is 6.54 Å². The van der Waals surface area contributed by atoms with Crippen molar-refractivity contribution < 1.29 is 9.21 Å². The first-order valence-corrected chi connectivity index (χ1v) is 7.87. The second-order valence-corrected chi connectivity index (χ2v) is 6.08. The van der Waals surface area contributed by atoms with Crippen LogP contribution >= 0.6 is 0 Å². The molecule has 0 saturated carbocycles. The molecule has 1 amide bonds. The molecular formula is C16H24N2O2. The van der Waals surface area contributed by atoms with E-state index in [4.69, 9.17) is 4.42 Å². The van der Waals surface area contributed by atoms with Crippen molar-refractivity contribution in [2.45, 2.75) is 63.5 Å². The van der Waals surface area contributed by atoms with Crippen LogP contribution in [0.15, 0.2) is 16.7 Å². The third kappa shape index (κ3) is 2.37. The van der Waals surface area contributed by atoms with Crippen molar-refractivity contribution in [3.05, 3.63) is 23.7 Å². The van der Waals surface area contributed by atoms with E-state index in [0.29, 0.717) is 0 Å². The Hall–Kier alpha value is -1.29. The molecule has 0 aromatic carbocycles. The third-order valence-corrected chi connectivity index (χ3v) is 4.71. The van der Waals surface area contributed by atoms with E-state index in [9.17, 15) is 4.79 Å². The summed E-state index contributed by atoms with van der Waals surface area (Å²) in [7, 11) is 0. The number of furan rings is 1. The van der Waals surface area contributed by atoms with E-state index in [-0.39, 0.29) is 17.5 Å². The summed E-state index contributed by atoms with van der Waals surface area (Å²) in [6.07, 6.45) is 8.83. The van der Waals surface area contributed by atoms with Crippen LogP contribution in [0.25, 0.3) is 0 Å². The standard InChI is InChI=1S/C16H24N2O2/c1-2-8-16(9-4-10-17-16)15(19)18-13-5-3-6-14-12(13)7-11-20-14/h7,11,13,17H,2-6,8-10H2,1H3,(H,18,19). The molecule has 3 rings (SSSR count). The second kappa shape index (κ2) is 5.60. The van der Waals surface area contributed by atoms with Crippen LogP contribution in [0, 0.1) is 0 Å². The summed E-state index contributed by atoms with van der Waals surface area (Å²) in [6.45, 7) is 3.10. The number of hydrogen-bond donors (Lipinski definition) is 2. The maximum Gasteiger partial charge on any atom is 0.240 e. The van der Waals surface area contributed by atoms with Gasteiger partial charge >= 0.3 is 0 Å². The van der Waals surface area contributed by atoms with E-state index in [0.717, 1.165) is 57.3 Å². The maximum atomic E-state index is 12.8. The number of hydrogen-bond acceptors (Lipinski definition) is 3. The van der Waals surface area contributed by atoms with Crippen molar-refractivity contribution in [3.8, 4) is 0 Å². The number of nitrogens with one attached hydrogen (secondary N) is 2. The van der Waals surface area contributed by atoms with Crippen LogP contribution in [0.5, 0.6) is 0 Å². The molecule has 1 aliphatic carbocycles. The molecule has 1 saturated heterocycles. The van der Waals surface area contributed by atoms with Gasteiger partial charge in [0.15, 0.2) is 0 Å². The summed E-state index contributed by atoms with van der Waals surface area (Å²) in [5.74, 6) is 1.22. The monoisotopic (exact) mass is 276 g/mol. The third-order valence-electron chi connectivity index (χ3n) is 4.71. The molecule has 1 aliphatic heterocycles. The minimum atomic E-state index is -0.337. The van der Waals surface area contributed by atoms with Gasteiger partial charge in [-0.3, -0.25) is 4.79 Å². The van der Waals surface area contributed by atoms with Crippen LogP contribution in [0.4, 0.5) is 0 Å². The number of amides is 1. The van der Waals surface area contributed by atoms with Gasteiger partial charge in [-0.15, -0.1) is 0 Å². The van der Waals surface area contributed by atoms with Gasteiger partial charge in [0.1, 0.15) is 5.76 Å². The molecule has 2 unspecified atom stereocenters. The molecule has 2 atom stereocenters. The van der Waals surface area contributed by atoms with Gasteiger partial charge in [0.05, 0.1) is 17.8 Å². The lowest BCUT2D eigenvalue weighted by atomic mass is 9.88. The summed E-state index contributed by atoms with van der Waals surface area (Å²) in [6, 6.07) is 2.13. The molecule has 2 aliphatic rings. The highest BCUT2D eigenvalue weighted by Gasteiger charge is 2.41. The summed E-state index contributed by atoms with van der Waals surface area (Å²) in [5.41, 5.74) is 0.838. The van der Waals surface area contributed by atoms with E-state index in [1.807, 2.05) is 6.07 Å². The fourth-order valence-electron chi connectivity index (χ4n) is 3.69. The number of fused-ring (bicyclic) bond motifs is 1. The topological polar surface area (TPSA) is 54.3 Å². The maximum absolute atomic E-state index is 12.8. The van der Waals surface area contributed by atoms with Crippen LogP contribution in [0.2, 0.25) is 0 Å². The van der Waals surface area contributed by atoms with Gasteiger partial charge in [0, 0.05) is 12.0 Å². The van der Waals surface area contributed by atoms with Gasteiger partial charge in [-0.05, 0) is 44.7 Å². The average molecular weight is 276 g/mol. The van der Waals surface area contributed by atoms with Gasteiger partial charge < -0.3 is 15.1 Å². The lowest BCUT2D eigenvalue weighted by Crippen LogP contribution is -2.54. The van der Waals surface area contributed by atoms with Crippen LogP contribution in [0.1, 0.15) is 62.8 Å². The summed E-state index contributed by atoms with van der Waals surface area (Å²) in [5, 5.41) is 6.71. The number of aryl methyl sites for hydroxylation is 1. The van der Waals surface area contributed by atoms with E-state index in [2.05, 4.69) is 17.6 Å². The first kappa shape index (κ1) is 13.7. The van der Waals surface area contributed by atoms with Gasteiger partial charge in [0.2, 0.25) is 5.91 Å². The van der Waals surface area contributed by atoms with E-state index in [1.165, 1.54) is 5.56 Å². The SMILES string of the molecule is CCCC1(C(=O)NC2CCCc3occc32)CCCN1. The van der Waals surface area contributed by atoms with Crippen molar-refractivity contribution >= 4 is 5.91 Å². The highest BCUT2D eigenvalue weighted by molar-refractivity contribution is 5.87. The highest BCUT2D eigenvalue weighted by Crippen LogP contribution is 2.32. The van der Waals surface area contributed by atoms with Crippen molar-refractivity contribution in [1.29, 1.82) is 0 Å². The number of carbonyl (C=O) groups is 1. The summed E-state index contributed by atoms with van der Waals surface area (Å²) in [4.78, 5) is 12.8. The van der Waals surface area contributed by atoms with Gasteiger partial charge in [-0.25, -0.2) is 0 Å². The molecule has 0 spiro atoms. The Morgan fingerprint density at radius 2 is 2.45 bits per heavy atom. The Kier molecular flexibility index (Phi) is 3.83. The Labute approximate surface area is 120 Å². The van der Waals surface area contributed by atoms with E-state index >= 15 is 0 Å². The Morgan fingerprint density at radius 3 is 3.20 bits per heavy atom. The summed E-state index contributed by atoms with van der Waals surface area (Å²) < 4.78 is 5.50. The lowest BCUT2D eigenvalue weighted by Gasteiger charge is -2.31. The molecule has 2 heterocycles. The van der Waals surface area contributed by atoms with Crippen LogP contribution in [-0.4, -0.2) is 18.0 Å². The van der Waals surface area contributed by atoms with Crippen molar-refractivity contribution in [3.63, 3.8) is 0 Å². The Bertz CT molecular complexity index is 475. The molecule has 110 valence electrons. The molecule has 4 heteroatoms. The quantitative estimate of drug-likeness (QED) is 0.889. The molecule has 4 nitrogen and oxygen atoms in total. The predicted octanol–water partition coefficient (Wildman–Crippen LogP) is 2.70. The zero-order valence-electron chi connectivity index (χ0n) is 12.2. The molecule has 20 heavy (non-hydrogen) atoms. The lowest BCUT2D eigenvalue weighted by molar-refractivity contribution is -0.128. The fraction of sp³-hybridized carbons (Fsp3) is 0.688. The van der Waals surface area contributed by atoms with E-state index in [1.54, 1.807) is 6.26 Å². The van der Waals surface area contributed by atoms with Crippen LogP contribution < -0.4 is 10.6 Å². The minimum Gasteiger partial charge on any atom is -0.469 e.